The van der Waals surface area contributed by atoms with E-state index in [0.717, 1.165) is 6.42 Å². The van der Waals surface area contributed by atoms with Crippen LogP contribution in [0, 0.1) is 11.3 Å². The van der Waals surface area contributed by atoms with Gasteiger partial charge in [-0.05, 0) is 13.3 Å². The van der Waals surface area contributed by atoms with Crippen molar-refractivity contribution in [3.8, 4) is 6.07 Å². The summed E-state index contributed by atoms with van der Waals surface area (Å²) in [4.78, 5) is 9.82. The van der Waals surface area contributed by atoms with E-state index in [4.69, 9.17) is 11.0 Å². The van der Waals surface area contributed by atoms with Crippen LogP contribution >= 0.6 is 0 Å². The number of carbonyl (C=O) groups excluding carboxylic acids is 1. The van der Waals surface area contributed by atoms with Crippen LogP contribution in [0.15, 0.2) is 12.2 Å². The molecule has 0 saturated heterocycles. The van der Waals surface area contributed by atoms with Crippen molar-refractivity contribution >= 4 is 5.91 Å². The van der Waals surface area contributed by atoms with Crippen LogP contribution in [0.3, 0.4) is 0 Å². The van der Waals surface area contributed by atoms with Crippen molar-refractivity contribution in [2.45, 2.75) is 26.7 Å². The monoisotopic (exact) mass is 154 g/mol. The van der Waals surface area contributed by atoms with Crippen molar-refractivity contribution in [2.24, 2.45) is 5.73 Å². The lowest BCUT2D eigenvalue weighted by Crippen LogP contribution is -2.10. The van der Waals surface area contributed by atoms with E-state index in [9.17, 15) is 4.79 Å². The van der Waals surface area contributed by atoms with E-state index in [1.165, 1.54) is 0 Å². The third-order valence-electron chi connectivity index (χ3n) is 0.782. The number of unbranched alkanes of at least 4 members (excludes halogenated alkanes) is 1. The minimum Gasteiger partial charge on any atom is -0.366 e. The standard InChI is InChI=1S/C4H7NO.C4H7N/c1-3(2)4(5)6;1-2-3-4-5/h1H2,2H3,(H2,5,6);2-3H2,1H3. The first-order chi connectivity index (χ1) is 5.06. The molecule has 62 valence electrons. The zero-order valence-electron chi connectivity index (χ0n) is 7.05. The maximum Gasteiger partial charge on any atom is 0.243 e. The molecule has 0 aliphatic rings. The normalized spacial score (nSPS) is 7.00. The number of nitrogens with two attached hydrogens (primary N) is 1. The van der Waals surface area contributed by atoms with Gasteiger partial charge in [-0.1, -0.05) is 13.5 Å². The van der Waals surface area contributed by atoms with Gasteiger partial charge in [0.25, 0.3) is 0 Å². The molecular formula is C8H14N2O. The molecule has 0 aromatic heterocycles. The molecule has 11 heavy (non-hydrogen) atoms. The summed E-state index contributed by atoms with van der Waals surface area (Å²) in [6.45, 7) is 6.84. The molecule has 3 heteroatoms. The number of rotatable bonds is 2. The first-order valence-electron chi connectivity index (χ1n) is 3.38. The predicted molar refractivity (Wildman–Crippen MR) is 44.5 cm³/mol. The minimum atomic E-state index is -0.435. The van der Waals surface area contributed by atoms with Gasteiger partial charge in [-0.2, -0.15) is 5.26 Å². The molecule has 2 N–H and O–H groups in total. The fourth-order valence-corrected chi connectivity index (χ4v) is 0.112. The number of amides is 1. The highest BCUT2D eigenvalue weighted by Gasteiger charge is 1.86. The second-order valence-electron chi connectivity index (χ2n) is 2.05. The van der Waals surface area contributed by atoms with Gasteiger partial charge in [-0.25, -0.2) is 0 Å². The van der Waals surface area contributed by atoms with Crippen LogP contribution in [-0.2, 0) is 4.79 Å². The topological polar surface area (TPSA) is 66.9 Å². The molecule has 0 rings (SSSR count). The Balaban J connectivity index is 0. The van der Waals surface area contributed by atoms with Crippen LogP contribution in [-0.4, -0.2) is 5.91 Å². The minimum absolute atomic E-state index is 0.398. The van der Waals surface area contributed by atoms with Gasteiger partial charge in [0.2, 0.25) is 5.91 Å². The molecule has 0 unspecified atom stereocenters. The van der Waals surface area contributed by atoms with Crippen molar-refractivity contribution in [3.05, 3.63) is 12.2 Å². The van der Waals surface area contributed by atoms with E-state index in [1.807, 2.05) is 13.0 Å². The molecule has 0 saturated carbocycles. The Morgan fingerprint density at radius 2 is 2.09 bits per heavy atom. The molecule has 0 aromatic carbocycles. The van der Waals surface area contributed by atoms with E-state index >= 15 is 0 Å². The first kappa shape index (κ1) is 12.4. The zero-order chi connectivity index (χ0) is 9.28. The fraction of sp³-hybridized carbons (Fsp3) is 0.500. The van der Waals surface area contributed by atoms with E-state index in [2.05, 4.69) is 6.58 Å². The lowest BCUT2D eigenvalue weighted by Gasteiger charge is -1.81. The summed E-state index contributed by atoms with van der Waals surface area (Å²) in [6, 6.07) is 2.02. The van der Waals surface area contributed by atoms with Crippen molar-refractivity contribution < 1.29 is 4.79 Å². The largest absolute Gasteiger partial charge is 0.366 e. The molecule has 0 bridgehead atoms. The van der Waals surface area contributed by atoms with Gasteiger partial charge in [-0.3, -0.25) is 4.79 Å². The number of hydrogen-bond donors (Lipinski definition) is 1. The van der Waals surface area contributed by atoms with Crippen LogP contribution < -0.4 is 5.73 Å². The Morgan fingerprint density at radius 3 is 2.09 bits per heavy atom. The SMILES string of the molecule is C=C(C)C(N)=O.CCCC#N. The van der Waals surface area contributed by atoms with Crippen molar-refractivity contribution in [1.82, 2.24) is 0 Å². The molecule has 0 aromatic rings. The van der Waals surface area contributed by atoms with Crippen molar-refractivity contribution in [1.29, 1.82) is 5.26 Å². The van der Waals surface area contributed by atoms with Crippen LogP contribution in [0.25, 0.3) is 0 Å². The van der Waals surface area contributed by atoms with Gasteiger partial charge in [0.1, 0.15) is 0 Å². The van der Waals surface area contributed by atoms with Gasteiger partial charge in [0.05, 0.1) is 6.07 Å². The molecule has 0 fully saturated rings. The lowest BCUT2D eigenvalue weighted by atomic mass is 10.3. The molecule has 0 aliphatic heterocycles. The van der Waals surface area contributed by atoms with Crippen LogP contribution in [0.5, 0.6) is 0 Å². The molecule has 0 spiro atoms. The van der Waals surface area contributed by atoms with E-state index < -0.39 is 5.91 Å². The highest BCUT2D eigenvalue weighted by Crippen LogP contribution is 1.78. The fourth-order valence-electron chi connectivity index (χ4n) is 0.112. The highest BCUT2D eigenvalue weighted by molar-refractivity contribution is 5.90. The van der Waals surface area contributed by atoms with Gasteiger partial charge >= 0.3 is 0 Å². The Hall–Kier alpha value is -1.30. The van der Waals surface area contributed by atoms with Crippen molar-refractivity contribution in [2.75, 3.05) is 0 Å². The van der Waals surface area contributed by atoms with Crippen LogP contribution in [0.1, 0.15) is 26.7 Å². The number of carbonyl (C=O) groups is 1. The van der Waals surface area contributed by atoms with E-state index in [1.54, 1.807) is 6.92 Å². The summed E-state index contributed by atoms with van der Waals surface area (Å²) in [5, 5.41) is 7.82. The predicted octanol–water partition coefficient (Wildman–Crippen LogP) is 1.36. The van der Waals surface area contributed by atoms with Crippen LogP contribution in [0.2, 0.25) is 0 Å². The highest BCUT2D eigenvalue weighted by atomic mass is 16.1. The average molecular weight is 154 g/mol. The maximum absolute atomic E-state index is 9.82. The summed E-state index contributed by atoms with van der Waals surface area (Å²) in [6.07, 6.45) is 1.68. The van der Waals surface area contributed by atoms with Crippen molar-refractivity contribution in [3.63, 3.8) is 0 Å². The summed E-state index contributed by atoms with van der Waals surface area (Å²) < 4.78 is 0. The molecule has 0 heterocycles. The second kappa shape index (κ2) is 8.70. The Kier molecular flexibility index (Phi) is 9.79. The number of nitrogens with zero attached hydrogens (tertiary/aromatic N) is 1. The van der Waals surface area contributed by atoms with Crippen LogP contribution in [0.4, 0.5) is 0 Å². The lowest BCUT2D eigenvalue weighted by molar-refractivity contribution is -0.114. The number of hydrogen-bond acceptors (Lipinski definition) is 2. The molecule has 0 radical (unpaired) electrons. The number of primary amides is 1. The first-order valence-corrected chi connectivity index (χ1v) is 3.38. The van der Waals surface area contributed by atoms with Gasteiger partial charge in [0.15, 0.2) is 0 Å². The zero-order valence-corrected chi connectivity index (χ0v) is 7.05. The molecule has 0 atom stereocenters. The average Bonchev–Trinajstić information content (AvgIpc) is 1.90. The summed E-state index contributed by atoms with van der Waals surface area (Å²) in [5.74, 6) is -0.435. The maximum atomic E-state index is 9.82. The smallest absolute Gasteiger partial charge is 0.243 e. The molecule has 0 aliphatic carbocycles. The Morgan fingerprint density at radius 1 is 1.73 bits per heavy atom. The Bertz CT molecular complexity index is 155. The van der Waals surface area contributed by atoms with Gasteiger partial charge in [0, 0.05) is 12.0 Å². The third-order valence-corrected chi connectivity index (χ3v) is 0.782. The van der Waals surface area contributed by atoms with E-state index in [-0.39, 0.29) is 0 Å². The quantitative estimate of drug-likeness (QED) is 0.610. The summed E-state index contributed by atoms with van der Waals surface area (Å²) in [5.41, 5.74) is 5.09. The van der Waals surface area contributed by atoms with Gasteiger partial charge in [-0.15, -0.1) is 0 Å². The number of nitriles is 1. The Labute approximate surface area is 67.5 Å². The second-order valence-corrected chi connectivity index (χ2v) is 2.05. The van der Waals surface area contributed by atoms with E-state index in [0.29, 0.717) is 12.0 Å². The summed E-state index contributed by atoms with van der Waals surface area (Å²) >= 11 is 0. The molecule has 3 nitrogen and oxygen atoms in total. The molecular weight excluding hydrogens is 140 g/mol. The summed E-state index contributed by atoms with van der Waals surface area (Å²) in [7, 11) is 0. The third kappa shape index (κ3) is 17.7. The van der Waals surface area contributed by atoms with Gasteiger partial charge < -0.3 is 5.73 Å². The molecule has 1 amide bonds.